The van der Waals surface area contributed by atoms with Gasteiger partial charge in [-0.3, -0.25) is 14.2 Å². The Morgan fingerprint density at radius 2 is 1.90 bits per heavy atom. The van der Waals surface area contributed by atoms with Crippen molar-refractivity contribution in [3.05, 3.63) is 63.9 Å². The van der Waals surface area contributed by atoms with Crippen LogP contribution in [0, 0.1) is 0 Å². The summed E-state index contributed by atoms with van der Waals surface area (Å²) >= 11 is 7.03. The third kappa shape index (κ3) is 5.05. The number of rotatable bonds is 7. The minimum absolute atomic E-state index is 0.0101. The number of nitrogen functional groups attached to an aromatic ring is 1. The Morgan fingerprint density at radius 3 is 2.57 bits per heavy atom. The quantitative estimate of drug-likeness (QED) is 0.423. The first-order chi connectivity index (χ1) is 14.4. The normalized spacial score (nSPS) is 10.5. The molecule has 0 radical (unpaired) electrons. The van der Waals surface area contributed by atoms with Crippen molar-refractivity contribution in [3.63, 3.8) is 0 Å². The van der Waals surface area contributed by atoms with Gasteiger partial charge in [-0.15, -0.1) is 0 Å². The Hall–Kier alpha value is -3.17. The summed E-state index contributed by atoms with van der Waals surface area (Å²) in [7, 11) is 3.04. The van der Waals surface area contributed by atoms with Crippen molar-refractivity contribution in [1.29, 1.82) is 0 Å². The van der Waals surface area contributed by atoms with Crippen molar-refractivity contribution < 1.29 is 14.3 Å². The van der Waals surface area contributed by atoms with Gasteiger partial charge >= 0.3 is 0 Å². The van der Waals surface area contributed by atoms with Gasteiger partial charge in [0.1, 0.15) is 17.3 Å². The van der Waals surface area contributed by atoms with Crippen molar-refractivity contribution in [2.24, 2.45) is 0 Å². The number of halogens is 1. The molecule has 3 aromatic rings. The van der Waals surface area contributed by atoms with Crippen LogP contribution in [0.15, 0.2) is 58.5 Å². The zero-order chi connectivity index (χ0) is 21.7. The fourth-order valence-corrected chi connectivity index (χ4v) is 3.61. The lowest BCUT2D eigenvalue weighted by Gasteiger charge is -2.15. The number of nitrogens with two attached hydrogens (primary N) is 1. The molecule has 0 saturated carbocycles. The molecule has 8 nitrogen and oxygen atoms in total. The van der Waals surface area contributed by atoms with Crippen molar-refractivity contribution in [3.8, 4) is 17.2 Å². The van der Waals surface area contributed by atoms with E-state index in [9.17, 15) is 9.59 Å². The van der Waals surface area contributed by atoms with E-state index < -0.39 is 5.56 Å². The highest BCUT2D eigenvalue weighted by Crippen LogP contribution is 2.29. The number of hydrogen-bond donors (Lipinski definition) is 2. The topological polar surface area (TPSA) is 108 Å². The minimum Gasteiger partial charge on any atom is -0.497 e. The third-order valence-corrected chi connectivity index (χ3v) is 5.22. The van der Waals surface area contributed by atoms with Gasteiger partial charge in [-0.1, -0.05) is 23.4 Å². The Labute approximate surface area is 182 Å². The molecule has 156 valence electrons. The lowest BCUT2D eigenvalue weighted by Crippen LogP contribution is -2.19. The molecule has 0 aliphatic carbocycles. The highest BCUT2D eigenvalue weighted by molar-refractivity contribution is 7.99. The van der Waals surface area contributed by atoms with E-state index in [-0.39, 0.29) is 22.6 Å². The van der Waals surface area contributed by atoms with E-state index in [1.807, 2.05) is 0 Å². The molecule has 0 saturated heterocycles. The van der Waals surface area contributed by atoms with Crippen LogP contribution in [0.4, 0.5) is 11.5 Å². The number of nitrogens with one attached hydrogen (secondary N) is 1. The molecule has 0 unspecified atom stereocenters. The first-order valence-corrected chi connectivity index (χ1v) is 10.1. The Kier molecular flexibility index (Phi) is 6.86. The second-order valence-electron chi connectivity index (χ2n) is 6.02. The summed E-state index contributed by atoms with van der Waals surface area (Å²) in [6, 6.07) is 13.2. The lowest BCUT2D eigenvalue weighted by molar-refractivity contribution is -0.113. The molecule has 10 heteroatoms. The molecule has 0 fully saturated rings. The number of nitrogens with zero attached hydrogens (tertiary/aromatic N) is 2. The molecule has 3 rings (SSSR count). The lowest BCUT2D eigenvalue weighted by atomic mass is 10.2. The number of benzene rings is 2. The number of amides is 1. The van der Waals surface area contributed by atoms with Gasteiger partial charge in [0.25, 0.3) is 5.56 Å². The maximum Gasteiger partial charge on any atom is 0.275 e. The molecule has 0 aliphatic rings. The minimum atomic E-state index is -0.491. The molecule has 1 heterocycles. The van der Waals surface area contributed by atoms with Crippen LogP contribution in [0.2, 0.25) is 5.02 Å². The second-order valence-corrected chi connectivity index (χ2v) is 7.40. The molecule has 1 aromatic heterocycles. The molecule has 0 bridgehead atoms. The second kappa shape index (κ2) is 9.55. The molecule has 0 atom stereocenters. The Morgan fingerprint density at radius 1 is 1.17 bits per heavy atom. The predicted molar refractivity (Wildman–Crippen MR) is 118 cm³/mol. The van der Waals surface area contributed by atoms with Gasteiger partial charge in [-0.2, -0.15) is 4.98 Å². The zero-order valence-corrected chi connectivity index (χ0v) is 17.8. The summed E-state index contributed by atoms with van der Waals surface area (Å²) in [6.07, 6.45) is 0. The van der Waals surface area contributed by atoms with Gasteiger partial charge in [-0.05, 0) is 36.4 Å². The number of carbonyl (C=O) groups is 1. The maximum atomic E-state index is 12.5. The van der Waals surface area contributed by atoms with Gasteiger partial charge in [0.05, 0.1) is 25.7 Å². The summed E-state index contributed by atoms with van der Waals surface area (Å²) in [5.41, 5.74) is 6.69. The predicted octanol–water partition coefficient (Wildman–Crippen LogP) is 3.22. The largest absolute Gasteiger partial charge is 0.497 e. The number of anilines is 2. The summed E-state index contributed by atoms with van der Waals surface area (Å²) in [5, 5.41) is 3.62. The van der Waals surface area contributed by atoms with Gasteiger partial charge in [0, 0.05) is 22.8 Å². The van der Waals surface area contributed by atoms with Crippen molar-refractivity contribution in [2.45, 2.75) is 5.16 Å². The Balaban J connectivity index is 1.81. The van der Waals surface area contributed by atoms with Crippen LogP contribution in [-0.4, -0.2) is 35.4 Å². The molecule has 1 amide bonds. The number of hydrogen-bond acceptors (Lipinski definition) is 7. The number of methoxy groups -OCH3 is 2. The maximum absolute atomic E-state index is 12.5. The smallest absolute Gasteiger partial charge is 0.275 e. The average molecular weight is 447 g/mol. The van der Waals surface area contributed by atoms with Crippen LogP contribution in [-0.2, 0) is 4.79 Å². The monoisotopic (exact) mass is 446 g/mol. The van der Waals surface area contributed by atoms with Gasteiger partial charge < -0.3 is 20.5 Å². The van der Waals surface area contributed by atoms with Crippen LogP contribution in [0.1, 0.15) is 0 Å². The SMILES string of the molecule is COc1ccc(OC)c(NC(=O)CSc2nc(=O)cc(N)n2-c2ccc(Cl)cc2)c1. The van der Waals surface area contributed by atoms with E-state index in [1.165, 1.54) is 20.3 Å². The van der Waals surface area contributed by atoms with Crippen LogP contribution >= 0.6 is 23.4 Å². The average Bonchev–Trinajstić information content (AvgIpc) is 2.73. The van der Waals surface area contributed by atoms with E-state index in [0.29, 0.717) is 27.9 Å². The van der Waals surface area contributed by atoms with Gasteiger partial charge in [0.2, 0.25) is 5.91 Å². The summed E-state index contributed by atoms with van der Waals surface area (Å²) in [4.78, 5) is 28.4. The molecule has 0 spiro atoms. The molecule has 3 N–H and O–H groups in total. The van der Waals surface area contributed by atoms with E-state index in [2.05, 4.69) is 10.3 Å². The first kappa shape index (κ1) is 21.5. The summed E-state index contributed by atoms with van der Waals surface area (Å²) in [6.45, 7) is 0. The molecule has 0 aliphatic heterocycles. The van der Waals surface area contributed by atoms with Gasteiger partial charge in [-0.25, -0.2) is 0 Å². The highest BCUT2D eigenvalue weighted by Gasteiger charge is 2.14. The van der Waals surface area contributed by atoms with E-state index in [1.54, 1.807) is 47.0 Å². The van der Waals surface area contributed by atoms with Crippen molar-refractivity contribution >= 4 is 40.8 Å². The van der Waals surface area contributed by atoms with Crippen molar-refractivity contribution in [1.82, 2.24) is 9.55 Å². The standard InChI is InChI=1S/C20H19ClN4O4S/c1-28-14-7-8-16(29-2)15(9-14)23-19(27)11-30-20-24-18(26)10-17(22)25(20)13-5-3-12(21)4-6-13/h3-10H,11,22H2,1-2H3,(H,23,27). The van der Waals surface area contributed by atoms with E-state index in [4.69, 9.17) is 26.8 Å². The molecule has 2 aromatic carbocycles. The number of carbonyl (C=O) groups excluding carboxylic acids is 1. The van der Waals surface area contributed by atoms with Gasteiger partial charge in [0.15, 0.2) is 5.16 Å². The van der Waals surface area contributed by atoms with E-state index in [0.717, 1.165) is 11.8 Å². The number of ether oxygens (including phenoxy) is 2. The molecular weight excluding hydrogens is 428 g/mol. The number of aromatic nitrogens is 2. The van der Waals surface area contributed by atoms with E-state index >= 15 is 0 Å². The zero-order valence-electron chi connectivity index (χ0n) is 16.2. The molecular formula is C20H19ClN4O4S. The van der Waals surface area contributed by atoms with Crippen LogP contribution in [0.25, 0.3) is 5.69 Å². The van der Waals surface area contributed by atoms with Crippen LogP contribution in [0.5, 0.6) is 11.5 Å². The third-order valence-electron chi connectivity index (χ3n) is 4.02. The fourth-order valence-electron chi connectivity index (χ4n) is 2.65. The van der Waals surface area contributed by atoms with Crippen molar-refractivity contribution in [2.75, 3.05) is 31.0 Å². The summed E-state index contributed by atoms with van der Waals surface area (Å²) in [5.74, 6) is 0.951. The fraction of sp³-hybridized carbons (Fsp3) is 0.150. The highest BCUT2D eigenvalue weighted by atomic mass is 35.5. The first-order valence-electron chi connectivity index (χ1n) is 8.71. The number of thioether (sulfide) groups is 1. The Bertz CT molecular complexity index is 1120. The van der Waals surface area contributed by atoms with Crippen LogP contribution in [0.3, 0.4) is 0 Å². The summed E-state index contributed by atoms with van der Waals surface area (Å²) < 4.78 is 12.0. The molecule has 30 heavy (non-hydrogen) atoms. The van der Waals surface area contributed by atoms with Crippen LogP contribution < -0.4 is 26.1 Å².